The largest absolute Gasteiger partial charge is 0.496 e. The minimum absolute atomic E-state index is 0.310. The van der Waals surface area contributed by atoms with Gasteiger partial charge in [-0.25, -0.2) is 0 Å². The van der Waals surface area contributed by atoms with Crippen LogP contribution in [0.1, 0.15) is 10.4 Å². The second-order valence-electron chi connectivity index (χ2n) is 4.05. The molecule has 0 spiro atoms. The van der Waals surface area contributed by atoms with E-state index in [-0.39, 0.29) is 5.91 Å². The Bertz CT molecular complexity index is 707. The highest BCUT2D eigenvalue weighted by Crippen LogP contribution is 2.33. The van der Waals surface area contributed by atoms with Gasteiger partial charge in [0.15, 0.2) is 0 Å². The monoisotopic (exact) mass is 407 g/mol. The summed E-state index contributed by atoms with van der Waals surface area (Å²) in [6.45, 7) is 0. The van der Waals surface area contributed by atoms with Crippen molar-refractivity contribution in [3.05, 3.63) is 55.4 Å². The topological polar surface area (TPSA) is 38.3 Å². The van der Waals surface area contributed by atoms with Gasteiger partial charge < -0.3 is 10.1 Å². The summed E-state index contributed by atoms with van der Waals surface area (Å²) >= 11 is 21.1. The molecule has 0 radical (unpaired) electrons. The summed E-state index contributed by atoms with van der Waals surface area (Å²) in [7, 11) is 1.55. The minimum atomic E-state index is -0.321. The zero-order valence-electron chi connectivity index (χ0n) is 10.7. The lowest BCUT2D eigenvalue weighted by molar-refractivity contribution is 0.102. The normalized spacial score (nSPS) is 10.3. The van der Waals surface area contributed by atoms with E-state index in [9.17, 15) is 4.79 Å². The maximum Gasteiger partial charge on any atom is 0.255 e. The number of carbonyl (C=O) groups is 1. The molecule has 0 fully saturated rings. The number of halogens is 4. The lowest BCUT2D eigenvalue weighted by atomic mass is 10.2. The van der Waals surface area contributed by atoms with Gasteiger partial charge in [-0.15, -0.1) is 0 Å². The molecular formula is C14H9BrCl3NO2. The second kappa shape index (κ2) is 6.88. The smallest absolute Gasteiger partial charge is 0.255 e. The van der Waals surface area contributed by atoms with E-state index in [0.29, 0.717) is 36.5 Å². The summed E-state index contributed by atoms with van der Waals surface area (Å²) in [5.74, 6) is 0.317. The Balaban J connectivity index is 2.26. The fraction of sp³-hybridized carbons (Fsp3) is 0.0714. The van der Waals surface area contributed by atoms with Gasteiger partial charge in [-0.05, 0) is 46.3 Å². The summed E-state index contributed by atoms with van der Waals surface area (Å²) in [4.78, 5) is 12.2. The van der Waals surface area contributed by atoms with Crippen LogP contribution in [0.3, 0.4) is 0 Å². The van der Waals surface area contributed by atoms with E-state index in [1.807, 2.05) is 0 Å². The van der Waals surface area contributed by atoms with Crippen LogP contribution < -0.4 is 10.1 Å². The molecule has 0 aliphatic rings. The van der Waals surface area contributed by atoms with E-state index < -0.39 is 0 Å². The summed E-state index contributed by atoms with van der Waals surface area (Å²) in [5.41, 5.74) is 0.841. The number of amides is 1. The lowest BCUT2D eigenvalue weighted by Crippen LogP contribution is -2.12. The minimum Gasteiger partial charge on any atom is -0.496 e. The van der Waals surface area contributed by atoms with Crippen LogP contribution >= 0.6 is 50.7 Å². The van der Waals surface area contributed by atoms with Crippen molar-refractivity contribution in [2.24, 2.45) is 0 Å². The molecule has 0 saturated carbocycles. The first-order chi connectivity index (χ1) is 9.92. The highest BCUT2D eigenvalue weighted by atomic mass is 79.9. The van der Waals surface area contributed by atoms with Crippen LogP contribution in [0.25, 0.3) is 0 Å². The molecule has 0 heterocycles. The highest BCUT2D eigenvalue weighted by molar-refractivity contribution is 9.10. The Morgan fingerprint density at radius 1 is 1.10 bits per heavy atom. The van der Waals surface area contributed by atoms with Gasteiger partial charge >= 0.3 is 0 Å². The van der Waals surface area contributed by atoms with Crippen molar-refractivity contribution < 1.29 is 9.53 Å². The summed E-state index contributed by atoms with van der Waals surface area (Å²) in [6.07, 6.45) is 0. The van der Waals surface area contributed by atoms with Crippen molar-refractivity contribution in [3.63, 3.8) is 0 Å². The van der Waals surface area contributed by atoms with Gasteiger partial charge in [0.1, 0.15) is 5.75 Å². The SMILES string of the molecule is COc1ccc(C(=O)Nc2cc(Cl)c(Cl)cc2Cl)cc1Br. The van der Waals surface area contributed by atoms with Crippen molar-refractivity contribution in [3.8, 4) is 5.75 Å². The van der Waals surface area contributed by atoms with E-state index in [1.54, 1.807) is 25.3 Å². The molecule has 2 aromatic rings. The molecule has 3 nitrogen and oxygen atoms in total. The first kappa shape index (κ1) is 16.4. The average molecular weight is 409 g/mol. The molecule has 1 amide bonds. The Morgan fingerprint density at radius 2 is 1.76 bits per heavy atom. The van der Waals surface area contributed by atoms with Crippen molar-refractivity contribution >= 4 is 62.3 Å². The third-order valence-corrected chi connectivity index (χ3v) is 4.33. The van der Waals surface area contributed by atoms with Crippen molar-refractivity contribution in [2.45, 2.75) is 0 Å². The van der Waals surface area contributed by atoms with E-state index in [1.165, 1.54) is 12.1 Å². The quantitative estimate of drug-likeness (QED) is 0.664. The van der Waals surface area contributed by atoms with Crippen LogP contribution in [-0.2, 0) is 0 Å². The first-order valence-electron chi connectivity index (χ1n) is 5.72. The van der Waals surface area contributed by atoms with Gasteiger partial charge in [0.2, 0.25) is 0 Å². The molecular weight excluding hydrogens is 400 g/mol. The standard InChI is InChI=1S/C14H9BrCl3NO2/c1-21-13-3-2-7(4-8(13)15)14(20)19-12-6-10(17)9(16)5-11(12)18/h2-6H,1H3,(H,19,20). The summed E-state index contributed by atoms with van der Waals surface area (Å²) in [5, 5.41) is 3.63. The van der Waals surface area contributed by atoms with Crippen LogP contribution in [0.4, 0.5) is 5.69 Å². The van der Waals surface area contributed by atoms with Gasteiger partial charge in [-0.3, -0.25) is 4.79 Å². The number of methoxy groups -OCH3 is 1. The zero-order valence-corrected chi connectivity index (χ0v) is 14.6. The van der Waals surface area contributed by atoms with Crippen LogP contribution in [0.2, 0.25) is 15.1 Å². The maximum absolute atomic E-state index is 12.2. The van der Waals surface area contributed by atoms with Gasteiger partial charge in [-0.2, -0.15) is 0 Å². The van der Waals surface area contributed by atoms with E-state index in [4.69, 9.17) is 39.5 Å². The molecule has 0 atom stereocenters. The number of ether oxygens (including phenoxy) is 1. The molecule has 1 N–H and O–H groups in total. The predicted octanol–water partition coefficient (Wildman–Crippen LogP) is 5.67. The van der Waals surface area contributed by atoms with Gasteiger partial charge in [0.25, 0.3) is 5.91 Å². The summed E-state index contributed by atoms with van der Waals surface area (Å²) in [6, 6.07) is 7.97. The molecule has 0 aliphatic heterocycles. The van der Waals surface area contributed by atoms with Gasteiger partial charge in [0.05, 0.1) is 32.3 Å². The molecule has 2 aromatic carbocycles. The molecule has 2 rings (SSSR count). The zero-order chi connectivity index (χ0) is 15.6. The van der Waals surface area contributed by atoms with E-state index in [0.717, 1.165) is 0 Å². The Hall–Kier alpha value is -0.940. The predicted molar refractivity (Wildman–Crippen MR) is 90.1 cm³/mol. The number of benzene rings is 2. The van der Waals surface area contributed by atoms with Crippen molar-refractivity contribution in [2.75, 3.05) is 12.4 Å². The van der Waals surface area contributed by atoms with Crippen molar-refractivity contribution in [1.29, 1.82) is 0 Å². The highest BCUT2D eigenvalue weighted by Gasteiger charge is 2.12. The molecule has 7 heteroatoms. The second-order valence-corrected chi connectivity index (χ2v) is 6.13. The third kappa shape index (κ3) is 3.83. The molecule has 0 unspecified atom stereocenters. The number of hydrogen-bond acceptors (Lipinski definition) is 2. The Labute approximate surface area is 145 Å². The van der Waals surface area contributed by atoms with Crippen LogP contribution in [-0.4, -0.2) is 13.0 Å². The van der Waals surface area contributed by atoms with Crippen LogP contribution in [0, 0.1) is 0 Å². The number of carbonyl (C=O) groups excluding carboxylic acids is 1. The average Bonchev–Trinajstić information content (AvgIpc) is 2.44. The fourth-order valence-electron chi connectivity index (χ4n) is 1.62. The van der Waals surface area contributed by atoms with Crippen molar-refractivity contribution in [1.82, 2.24) is 0 Å². The summed E-state index contributed by atoms with van der Waals surface area (Å²) < 4.78 is 5.79. The maximum atomic E-state index is 12.2. The molecule has 0 aromatic heterocycles. The van der Waals surface area contributed by atoms with Gasteiger partial charge in [-0.1, -0.05) is 34.8 Å². The number of anilines is 1. The molecule has 21 heavy (non-hydrogen) atoms. The Morgan fingerprint density at radius 3 is 2.38 bits per heavy atom. The fourth-order valence-corrected chi connectivity index (χ4v) is 2.76. The third-order valence-electron chi connectivity index (χ3n) is 2.67. The Kier molecular flexibility index (Phi) is 5.38. The molecule has 0 aliphatic carbocycles. The lowest BCUT2D eigenvalue weighted by Gasteiger charge is -2.10. The number of hydrogen-bond donors (Lipinski definition) is 1. The number of nitrogens with one attached hydrogen (secondary N) is 1. The molecule has 110 valence electrons. The number of rotatable bonds is 3. The molecule has 0 bridgehead atoms. The van der Waals surface area contributed by atoms with Crippen LogP contribution in [0.15, 0.2) is 34.8 Å². The van der Waals surface area contributed by atoms with E-state index in [2.05, 4.69) is 21.2 Å². The van der Waals surface area contributed by atoms with Crippen LogP contribution in [0.5, 0.6) is 5.75 Å². The first-order valence-corrected chi connectivity index (χ1v) is 7.64. The van der Waals surface area contributed by atoms with Gasteiger partial charge in [0, 0.05) is 5.56 Å². The molecule has 0 saturated heterocycles. The van der Waals surface area contributed by atoms with E-state index >= 15 is 0 Å².